The van der Waals surface area contributed by atoms with Crippen LogP contribution in [0.1, 0.15) is 5.82 Å². The summed E-state index contributed by atoms with van der Waals surface area (Å²) in [4.78, 5) is 7.92. The molecule has 0 aliphatic heterocycles. The molecule has 1 aromatic heterocycles. The first kappa shape index (κ1) is 10.5. The van der Waals surface area contributed by atoms with Crippen molar-refractivity contribution in [3.63, 3.8) is 0 Å². The fraction of sp³-hybridized carbons (Fsp3) is 0.0909. The number of aromatic nitrogens is 2. The van der Waals surface area contributed by atoms with Gasteiger partial charge in [0.15, 0.2) is 5.75 Å². The van der Waals surface area contributed by atoms with Crippen LogP contribution in [0.25, 0.3) is 0 Å². The van der Waals surface area contributed by atoms with Crippen LogP contribution in [0, 0.1) is 5.82 Å². The van der Waals surface area contributed by atoms with Gasteiger partial charge in [0.1, 0.15) is 17.4 Å². The van der Waals surface area contributed by atoms with Crippen LogP contribution in [-0.4, -0.2) is 9.97 Å². The van der Waals surface area contributed by atoms with E-state index in [0.717, 1.165) is 0 Å². The van der Waals surface area contributed by atoms with Gasteiger partial charge in [-0.1, -0.05) is 6.07 Å². The lowest BCUT2D eigenvalue weighted by Gasteiger charge is -2.04. The van der Waals surface area contributed by atoms with Crippen molar-refractivity contribution in [1.82, 2.24) is 9.97 Å². The zero-order valence-corrected chi connectivity index (χ0v) is 8.43. The maximum Gasteiger partial charge on any atom is 0.164 e. The molecule has 0 aliphatic rings. The van der Waals surface area contributed by atoms with Crippen LogP contribution in [-0.2, 0) is 6.54 Å². The highest BCUT2D eigenvalue weighted by Crippen LogP contribution is 2.20. The van der Waals surface area contributed by atoms with Gasteiger partial charge in [0, 0.05) is 6.07 Å². The first-order chi connectivity index (χ1) is 7.78. The van der Waals surface area contributed by atoms with Gasteiger partial charge in [-0.2, -0.15) is 0 Å². The topological polar surface area (TPSA) is 61.0 Å². The molecule has 0 bridgehead atoms. The molecular formula is C11H10FN3O. The Labute approximate surface area is 91.9 Å². The fourth-order valence-corrected chi connectivity index (χ4v) is 1.17. The number of nitrogens with zero attached hydrogens (tertiary/aromatic N) is 2. The molecule has 1 aromatic carbocycles. The van der Waals surface area contributed by atoms with Crippen LogP contribution in [0.15, 0.2) is 36.7 Å². The van der Waals surface area contributed by atoms with Gasteiger partial charge in [-0.3, -0.25) is 0 Å². The van der Waals surface area contributed by atoms with Crippen LogP contribution < -0.4 is 10.5 Å². The highest BCUT2D eigenvalue weighted by Gasteiger charge is 2.00. The van der Waals surface area contributed by atoms with E-state index in [0.29, 0.717) is 17.3 Å². The Balaban J connectivity index is 2.14. The second kappa shape index (κ2) is 4.67. The Hall–Kier alpha value is -2.01. The van der Waals surface area contributed by atoms with Gasteiger partial charge in [0.05, 0.1) is 18.9 Å². The molecule has 82 valence electrons. The summed E-state index contributed by atoms with van der Waals surface area (Å²) < 4.78 is 18.2. The Kier molecular flexibility index (Phi) is 3.07. The van der Waals surface area contributed by atoms with Crippen molar-refractivity contribution in [3.8, 4) is 11.5 Å². The molecule has 0 saturated carbocycles. The Morgan fingerprint density at radius 1 is 1.19 bits per heavy atom. The molecule has 2 rings (SSSR count). The smallest absolute Gasteiger partial charge is 0.164 e. The van der Waals surface area contributed by atoms with E-state index in [-0.39, 0.29) is 12.4 Å². The number of rotatable bonds is 3. The molecule has 2 N–H and O–H groups in total. The number of benzene rings is 1. The largest absolute Gasteiger partial charge is 0.454 e. The van der Waals surface area contributed by atoms with Crippen molar-refractivity contribution in [2.24, 2.45) is 5.73 Å². The number of ether oxygens (including phenoxy) is 1. The molecule has 4 nitrogen and oxygen atoms in total. The lowest BCUT2D eigenvalue weighted by atomic mass is 10.3. The fourth-order valence-electron chi connectivity index (χ4n) is 1.17. The molecule has 0 fully saturated rings. The molecule has 0 saturated heterocycles. The van der Waals surface area contributed by atoms with Crippen LogP contribution in [0.3, 0.4) is 0 Å². The minimum atomic E-state index is -0.350. The average molecular weight is 219 g/mol. The third kappa shape index (κ3) is 2.52. The van der Waals surface area contributed by atoms with Gasteiger partial charge < -0.3 is 10.5 Å². The predicted octanol–water partition coefficient (Wildman–Crippen LogP) is 1.87. The minimum absolute atomic E-state index is 0.278. The summed E-state index contributed by atoms with van der Waals surface area (Å²) in [5, 5.41) is 0. The number of hydrogen-bond acceptors (Lipinski definition) is 4. The van der Waals surface area contributed by atoms with Gasteiger partial charge in [-0.15, -0.1) is 0 Å². The van der Waals surface area contributed by atoms with Crippen molar-refractivity contribution in [2.75, 3.05) is 0 Å². The third-order valence-corrected chi connectivity index (χ3v) is 1.90. The van der Waals surface area contributed by atoms with E-state index >= 15 is 0 Å². The molecule has 5 heteroatoms. The first-order valence-corrected chi connectivity index (χ1v) is 4.72. The summed E-state index contributed by atoms with van der Waals surface area (Å²) in [5.41, 5.74) is 5.36. The van der Waals surface area contributed by atoms with Crippen LogP contribution in [0.4, 0.5) is 4.39 Å². The third-order valence-electron chi connectivity index (χ3n) is 1.90. The Morgan fingerprint density at radius 2 is 1.94 bits per heavy atom. The molecule has 16 heavy (non-hydrogen) atoms. The monoisotopic (exact) mass is 219 g/mol. The van der Waals surface area contributed by atoms with Crippen LogP contribution >= 0.6 is 0 Å². The van der Waals surface area contributed by atoms with Crippen molar-refractivity contribution in [2.45, 2.75) is 6.54 Å². The summed E-state index contributed by atoms with van der Waals surface area (Å²) in [6.45, 7) is 0.278. The molecule has 2 aromatic rings. The van der Waals surface area contributed by atoms with Crippen LogP contribution in [0.5, 0.6) is 11.5 Å². The van der Waals surface area contributed by atoms with Crippen molar-refractivity contribution in [3.05, 3.63) is 48.3 Å². The van der Waals surface area contributed by atoms with Crippen LogP contribution in [0.2, 0.25) is 0 Å². The Morgan fingerprint density at radius 3 is 2.56 bits per heavy atom. The SMILES string of the molecule is NCc1ncc(Oc2cccc(F)c2)cn1. The van der Waals surface area contributed by atoms with E-state index in [9.17, 15) is 4.39 Å². The summed E-state index contributed by atoms with van der Waals surface area (Å²) in [6, 6.07) is 5.86. The highest BCUT2D eigenvalue weighted by molar-refractivity contribution is 5.28. The molecular weight excluding hydrogens is 209 g/mol. The predicted molar refractivity (Wildman–Crippen MR) is 56.4 cm³/mol. The second-order valence-corrected chi connectivity index (χ2v) is 3.10. The van der Waals surface area contributed by atoms with E-state index in [4.69, 9.17) is 10.5 Å². The lowest BCUT2D eigenvalue weighted by Crippen LogP contribution is -2.02. The van der Waals surface area contributed by atoms with E-state index in [1.807, 2.05) is 0 Å². The van der Waals surface area contributed by atoms with Gasteiger partial charge in [0.25, 0.3) is 0 Å². The average Bonchev–Trinajstić information content (AvgIpc) is 2.30. The zero-order chi connectivity index (χ0) is 11.4. The van der Waals surface area contributed by atoms with E-state index in [1.165, 1.54) is 24.5 Å². The zero-order valence-electron chi connectivity index (χ0n) is 8.43. The molecule has 1 heterocycles. The maximum atomic E-state index is 12.9. The Bertz CT molecular complexity index is 473. The quantitative estimate of drug-likeness (QED) is 0.855. The van der Waals surface area contributed by atoms with E-state index in [1.54, 1.807) is 12.1 Å². The molecule has 0 radical (unpaired) electrons. The summed E-state index contributed by atoms with van der Waals surface area (Å²) in [6.07, 6.45) is 3.00. The lowest BCUT2D eigenvalue weighted by molar-refractivity contribution is 0.471. The number of halogens is 1. The van der Waals surface area contributed by atoms with Crippen molar-refractivity contribution >= 4 is 0 Å². The summed E-state index contributed by atoms with van der Waals surface area (Å²) >= 11 is 0. The standard InChI is InChI=1S/C11H10FN3O/c12-8-2-1-3-9(4-8)16-10-6-14-11(5-13)15-7-10/h1-4,6-7H,5,13H2. The highest BCUT2D eigenvalue weighted by atomic mass is 19.1. The van der Waals surface area contributed by atoms with Crippen molar-refractivity contribution in [1.29, 1.82) is 0 Å². The molecule has 0 spiro atoms. The molecule has 0 atom stereocenters. The number of hydrogen-bond donors (Lipinski definition) is 1. The molecule has 0 aliphatic carbocycles. The van der Waals surface area contributed by atoms with Gasteiger partial charge in [-0.05, 0) is 12.1 Å². The van der Waals surface area contributed by atoms with Gasteiger partial charge in [-0.25, -0.2) is 14.4 Å². The van der Waals surface area contributed by atoms with Gasteiger partial charge >= 0.3 is 0 Å². The van der Waals surface area contributed by atoms with E-state index < -0.39 is 0 Å². The summed E-state index contributed by atoms with van der Waals surface area (Å²) in [7, 11) is 0. The first-order valence-electron chi connectivity index (χ1n) is 4.72. The summed E-state index contributed by atoms with van der Waals surface area (Å²) in [5.74, 6) is 1.04. The number of nitrogens with two attached hydrogens (primary N) is 1. The normalized spacial score (nSPS) is 10.1. The van der Waals surface area contributed by atoms with Crippen molar-refractivity contribution < 1.29 is 9.13 Å². The van der Waals surface area contributed by atoms with E-state index in [2.05, 4.69) is 9.97 Å². The second-order valence-electron chi connectivity index (χ2n) is 3.10. The molecule has 0 amide bonds. The molecule has 0 unspecified atom stereocenters. The minimum Gasteiger partial charge on any atom is -0.454 e. The maximum absolute atomic E-state index is 12.9. The van der Waals surface area contributed by atoms with Gasteiger partial charge in [0.2, 0.25) is 0 Å².